The molecular formula is C26H20FN3O3. The lowest BCUT2D eigenvalue weighted by Gasteiger charge is -2.28. The first-order chi connectivity index (χ1) is 15.9. The maximum absolute atomic E-state index is 13.4. The van der Waals surface area contributed by atoms with Gasteiger partial charge in [-0.3, -0.25) is 14.4 Å². The summed E-state index contributed by atoms with van der Waals surface area (Å²) in [6.45, 7) is 2.06. The van der Waals surface area contributed by atoms with Crippen molar-refractivity contribution in [2.75, 3.05) is 4.90 Å². The minimum atomic E-state index is -1.01. The fourth-order valence-corrected chi connectivity index (χ4v) is 3.79. The molecule has 1 aliphatic heterocycles. The number of carbonyl (C=O) groups is 3. The van der Waals surface area contributed by atoms with Crippen LogP contribution in [0.5, 0.6) is 0 Å². The minimum absolute atomic E-state index is 0.112. The molecule has 1 heterocycles. The van der Waals surface area contributed by atoms with Gasteiger partial charge in [0.05, 0.1) is 23.7 Å². The van der Waals surface area contributed by atoms with Crippen molar-refractivity contribution in [2.45, 2.75) is 25.9 Å². The van der Waals surface area contributed by atoms with Crippen LogP contribution in [0.4, 0.5) is 10.1 Å². The highest BCUT2D eigenvalue weighted by Gasteiger charge is 2.44. The van der Waals surface area contributed by atoms with Crippen molar-refractivity contribution in [1.82, 2.24) is 4.90 Å². The van der Waals surface area contributed by atoms with E-state index in [0.717, 1.165) is 16.0 Å². The largest absolute Gasteiger partial charge is 0.322 e. The van der Waals surface area contributed by atoms with E-state index in [1.165, 1.54) is 53.4 Å². The molecule has 4 rings (SSSR count). The van der Waals surface area contributed by atoms with E-state index < -0.39 is 29.6 Å². The maximum atomic E-state index is 13.4. The Hall–Kier alpha value is -4.31. The maximum Gasteiger partial charge on any atom is 0.257 e. The summed E-state index contributed by atoms with van der Waals surface area (Å²) < 4.78 is 13.4. The molecule has 0 aromatic heterocycles. The highest BCUT2D eigenvalue weighted by atomic mass is 19.1. The normalized spacial score (nSPS) is 15.4. The fourth-order valence-electron chi connectivity index (χ4n) is 3.79. The van der Waals surface area contributed by atoms with Gasteiger partial charge < -0.3 is 4.90 Å². The van der Waals surface area contributed by atoms with E-state index in [0.29, 0.717) is 11.3 Å². The van der Waals surface area contributed by atoms with Gasteiger partial charge in [-0.25, -0.2) is 9.29 Å². The van der Waals surface area contributed by atoms with Gasteiger partial charge in [-0.1, -0.05) is 29.8 Å². The first-order valence-corrected chi connectivity index (χ1v) is 10.4. The molecule has 0 aliphatic carbocycles. The lowest BCUT2D eigenvalue weighted by atomic mass is 10.1. The first-order valence-electron chi connectivity index (χ1n) is 10.4. The van der Waals surface area contributed by atoms with Crippen LogP contribution in [-0.2, 0) is 16.1 Å². The summed E-state index contributed by atoms with van der Waals surface area (Å²) in [7, 11) is 0. The quantitative estimate of drug-likeness (QED) is 0.561. The van der Waals surface area contributed by atoms with E-state index in [-0.39, 0.29) is 18.5 Å². The Morgan fingerprint density at radius 1 is 1.03 bits per heavy atom. The molecule has 3 aromatic rings. The van der Waals surface area contributed by atoms with Gasteiger partial charge >= 0.3 is 0 Å². The summed E-state index contributed by atoms with van der Waals surface area (Å²) in [5.74, 6) is -1.90. The van der Waals surface area contributed by atoms with Crippen molar-refractivity contribution in [3.05, 3.63) is 101 Å². The Bertz CT molecular complexity index is 1250. The lowest BCUT2D eigenvalue weighted by molar-refractivity contribution is -0.122. The second kappa shape index (κ2) is 9.05. The van der Waals surface area contributed by atoms with Gasteiger partial charge in [0.2, 0.25) is 5.91 Å². The third-order valence-electron chi connectivity index (χ3n) is 5.58. The number of nitrogens with zero attached hydrogens (tertiary/aromatic N) is 3. The SMILES string of the molecule is Cc1ccc(CN(C(=O)c2ccc(F)cc2)C2CC(=O)N(c3ccc(C#N)cc3)C2=O)cc1. The molecule has 0 spiro atoms. The number of hydrogen-bond acceptors (Lipinski definition) is 4. The summed E-state index contributed by atoms with van der Waals surface area (Å²) in [5, 5.41) is 8.99. The van der Waals surface area contributed by atoms with Gasteiger partial charge in [0.25, 0.3) is 11.8 Å². The molecule has 0 N–H and O–H groups in total. The van der Waals surface area contributed by atoms with Crippen molar-refractivity contribution in [3.8, 4) is 6.07 Å². The number of benzene rings is 3. The average molecular weight is 441 g/mol. The minimum Gasteiger partial charge on any atom is -0.322 e. The second-order valence-electron chi connectivity index (χ2n) is 7.87. The van der Waals surface area contributed by atoms with Crippen LogP contribution in [0, 0.1) is 24.1 Å². The number of amides is 3. The zero-order chi connectivity index (χ0) is 23.5. The van der Waals surface area contributed by atoms with Gasteiger partial charge in [-0.15, -0.1) is 0 Å². The number of halogens is 1. The molecule has 0 radical (unpaired) electrons. The number of carbonyl (C=O) groups excluding carboxylic acids is 3. The number of rotatable bonds is 5. The van der Waals surface area contributed by atoms with Gasteiger partial charge in [-0.2, -0.15) is 5.26 Å². The second-order valence-corrected chi connectivity index (χ2v) is 7.87. The molecule has 164 valence electrons. The Morgan fingerprint density at radius 3 is 2.27 bits per heavy atom. The van der Waals surface area contributed by atoms with Gasteiger partial charge in [0.15, 0.2) is 0 Å². The summed E-state index contributed by atoms with van der Waals surface area (Å²) in [5.41, 5.74) is 2.82. The molecule has 3 aromatic carbocycles. The van der Waals surface area contributed by atoms with Crippen molar-refractivity contribution >= 4 is 23.4 Å². The highest BCUT2D eigenvalue weighted by Crippen LogP contribution is 2.28. The molecule has 7 heteroatoms. The molecule has 6 nitrogen and oxygen atoms in total. The third-order valence-corrected chi connectivity index (χ3v) is 5.58. The Kier molecular flexibility index (Phi) is 6.01. The van der Waals surface area contributed by atoms with Crippen LogP contribution in [0.25, 0.3) is 0 Å². The summed E-state index contributed by atoms with van der Waals surface area (Å²) in [6.07, 6.45) is -0.169. The van der Waals surface area contributed by atoms with Crippen LogP contribution < -0.4 is 4.90 Å². The zero-order valence-corrected chi connectivity index (χ0v) is 17.9. The molecule has 33 heavy (non-hydrogen) atoms. The molecule has 1 atom stereocenters. The molecule has 1 saturated heterocycles. The summed E-state index contributed by atoms with van der Waals surface area (Å²) >= 11 is 0. The van der Waals surface area contributed by atoms with Crippen molar-refractivity contribution in [3.63, 3.8) is 0 Å². The smallest absolute Gasteiger partial charge is 0.257 e. The monoisotopic (exact) mass is 441 g/mol. The van der Waals surface area contributed by atoms with Gasteiger partial charge in [0.1, 0.15) is 11.9 Å². The van der Waals surface area contributed by atoms with E-state index in [9.17, 15) is 18.8 Å². The first kappa shape index (κ1) is 21.9. The fraction of sp³-hybridized carbons (Fsp3) is 0.154. The van der Waals surface area contributed by atoms with Crippen molar-refractivity contribution < 1.29 is 18.8 Å². The molecule has 1 aliphatic rings. The van der Waals surface area contributed by atoms with E-state index in [1.54, 1.807) is 0 Å². The number of nitriles is 1. The number of aryl methyl sites for hydroxylation is 1. The number of anilines is 1. The predicted molar refractivity (Wildman–Crippen MR) is 120 cm³/mol. The molecule has 3 amide bonds. The molecule has 1 fully saturated rings. The zero-order valence-electron chi connectivity index (χ0n) is 17.9. The van der Waals surface area contributed by atoms with Crippen LogP contribution in [0.1, 0.15) is 33.5 Å². The molecule has 0 bridgehead atoms. The van der Waals surface area contributed by atoms with Crippen LogP contribution in [-0.4, -0.2) is 28.7 Å². The lowest BCUT2D eigenvalue weighted by Crippen LogP contribution is -2.45. The summed E-state index contributed by atoms with van der Waals surface area (Å²) in [4.78, 5) is 41.9. The van der Waals surface area contributed by atoms with Crippen LogP contribution in [0.2, 0.25) is 0 Å². The van der Waals surface area contributed by atoms with Crippen molar-refractivity contribution in [2.24, 2.45) is 0 Å². The topological polar surface area (TPSA) is 81.5 Å². The van der Waals surface area contributed by atoms with Crippen LogP contribution >= 0.6 is 0 Å². The Morgan fingerprint density at radius 2 is 1.67 bits per heavy atom. The number of hydrogen-bond donors (Lipinski definition) is 0. The Labute approximate surface area is 190 Å². The summed E-state index contributed by atoms with van der Waals surface area (Å²) in [6, 6.07) is 19.7. The standard InChI is InChI=1S/C26H20FN3O3/c1-17-2-4-19(5-3-17)16-29(25(32)20-8-10-21(27)11-9-20)23-14-24(31)30(26(23)33)22-12-6-18(15-28)7-13-22/h2-13,23H,14,16H2,1H3. The highest BCUT2D eigenvalue weighted by molar-refractivity contribution is 6.23. The molecular weight excluding hydrogens is 421 g/mol. The van der Waals surface area contributed by atoms with E-state index in [2.05, 4.69) is 0 Å². The van der Waals surface area contributed by atoms with Gasteiger partial charge in [0, 0.05) is 12.1 Å². The molecule has 1 unspecified atom stereocenters. The Balaban J connectivity index is 1.68. The number of imide groups is 1. The van der Waals surface area contributed by atoms with Gasteiger partial charge in [-0.05, 0) is 61.0 Å². The third kappa shape index (κ3) is 4.51. The molecule has 0 saturated carbocycles. The van der Waals surface area contributed by atoms with E-state index in [1.807, 2.05) is 37.3 Å². The van der Waals surface area contributed by atoms with Crippen LogP contribution in [0.3, 0.4) is 0 Å². The predicted octanol–water partition coefficient (Wildman–Crippen LogP) is 3.98. The van der Waals surface area contributed by atoms with Crippen LogP contribution in [0.15, 0.2) is 72.8 Å². The van der Waals surface area contributed by atoms with Crippen molar-refractivity contribution in [1.29, 1.82) is 5.26 Å². The van der Waals surface area contributed by atoms with E-state index >= 15 is 0 Å². The van der Waals surface area contributed by atoms with E-state index in [4.69, 9.17) is 5.26 Å². The average Bonchev–Trinajstić information content (AvgIpc) is 3.12.